The zero-order valence-electron chi connectivity index (χ0n) is 18.7. The van der Waals surface area contributed by atoms with Crippen LogP contribution in [0.5, 0.6) is 0 Å². The molecule has 0 aliphatic heterocycles. The van der Waals surface area contributed by atoms with E-state index in [0.717, 1.165) is 46.7 Å². The summed E-state index contributed by atoms with van der Waals surface area (Å²) in [4.78, 5) is 16.8. The standard InChI is InChI=1S/C26H31FN2O2/c1-5-10-26(27)11-8-19(9-12-26)25(30)22-15-28-23-7-6-16(2)13-20(14-21(22)23)24-17(3)29-31-18(24)4/h5,13-15,19,28H,1,6-12H2,2-4H3. The Balaban J connectivity index is 1.68. The molecular formula is C26H31FN2O2. The highest BCUT2D eigenvalue weighted by Gasteiger charge is 2.37. The van der Waals surface area contributed by atoms with Gasteiger partial charge in [-0.2, -0.15) is 0 Å². The van der Waals surface area contributed by atoms with Crippen molar-refractivity contribution in [2.24, 2.45) is 5.92 Å². The summed E-state index contributed by atoms with van der Waals surface area (Å²) < 4.78 is 20.2. The van der Waals surface area contributed by atoms with E-state index in [4.69, 9.17) is 4.52 Å². The maximum atomic E-state index is 14.8. The Bertz CT molecular complexity index is 1040. The molecule has 164 valence electrons. The predicted octanol–water partition coefficient (Wildman–Crippen LogP) is 6.71. The summed E-state index contributed by atoms with van der Waals surface area (Å²) in [6.45, 7) is 9.65. The normalized spacial score (nSPS) is 23.9. The van der Waals surface area contributed by atoms with Gasteiger partial charge < -0.3 is 9.51 Å². The second kappa shape index (κ2) is 8.45. The first kappa shape index (κ1) is 21.5. The maximum absolute atomic E-state index is 14.8. The van der Waals surface area contributed by atoms with Gasteiger partial charge in [0.15, 0.2) is 5.78 Å². The van der Waals surface area contributed by atoms with Gasteiger partial charge in [-0.15, -0.1) is 6.58 Å². The van der Waals surface area contributed by atoms with Crippen molar-refractivity contribution in [1.82, 2.24) is 10.1 Å². The molecule has 31 heavy (non-hydrogen) atoms. The van der Waals surface area contributed by atoms with Crippen LogP contribution in [0.25, 0.3) is 11.6 Å². The molecule has 0 radical (unpaired) electrons. The number of Topliss-reactive ketones (excluding diaryl/α,β-unsaturated/α-hetero) is 1. The molecule has 4 rings (SSSR count). The monoisotopic (exact) mass is 422 g/mol. The Labute approximate surface area is 183 Å². The van der Waals surface area contributed by atoms with Gasteiger partial charge in [0, 0.05) is 34.5 Å². The number of hydrogen-bond donors (Lipinski definition) is 1. The quantitative estimate of drug-likeness (QED) is 0.430. The lowest BCUT2D eigenvalue weighted by molar-refractivity contribution is 0.0675. The summed E-state index contributed by atoms with van der Waals surface area (Å²) in [7, 11) is 0. The molecule has 2 aliphatic carbocycles. The van der Waals surface area contributed by atoms with Gasteiger partial charge in [-0.1, -0.05) is 22.9 Å². The fraction of sp³-hybridized carbons (Fsp3) is 0.462. The molecule has 1 N–H and O–H groups in total. The minimum absolute atomic E-state index is 0.119. The minimum Gasteiger partial charge on any atom is -0.364 e. The molecular weight excluding hydrogens is 391 g/mol. The number of rotatable bonds is 5. The van der Waals surface area contributed by atoms with Gasteiger partial charge in [-0.3, -0.25) is 4.79 Å². The van der Waals surface area contributed by atoms with Crippen molar-refractivity contribution in [2.75, 3.05) is 0 Å². The van der Waals surface area contributed by atoms with Crippen molar-refractivity contribution >= 4 is 17.4 Å². The maximum Gasteiger partial charge on any atom is 0.168 e. The molecule has 5 heteroatoms. The van der Waals surface area contributed by atoms with E-state index in [1.807, 2.05) is 20.0 Å². The third kappa shape index (κ3) is 4.23. The van der Waals surface area contributed by atoms with E-state index in [2.05, 4.69) is 35.8 Å². The number of H-pyrrole nitrogens is 1. The van der Waals surface area contributed by atoms with E-state index in [9.17, 15) is 9.18 Å². The van der Waals surface area contributed by atoms with Crippen LogP contribution in [0.2, 0.25) is 0 Å². The summed E-state index contributed by atoms with van der Waals surface area (Å²) in [5.74, 6) is 0.758. The van der Waals surface area contributed by atoms with Gasteiger partial charge in [0.25, 0.3) is 0 Å². The highest BCUT2D eigenvalue weighted by Crippen LogP contribution is 2.40. The van der Waals surface area contributed by atoms with Crippen molar-refractivity contribution in [3.05, 3.63) is 64.3 Å². The van der Waals surface area contributed by atoms with Crippen molar-refractivity contribution in [2.45, 2.75) is 71.4 Å². The van der Waals surface area contributed by atoms with Crippen LogP contribution in [-0.2, 0) is 6.42 Å². The number of carbonyl (C=O) groups is 1. The van der Waals surface area contributed by atoms with Crippen molar-refractivity contribution in [3.8, 4) is 0 Å². The largest absolute Gasteiger partial charge is 0.364 e. The van der Waals surface area contributed by atoms with Gasteiger partial charge in [0.1, 0.15) is 11.4 Å². The Morgan fingerprint density at radius 2 is 2.03 bits per heavy atom. The van der Waals surface area contributed by atoms with Crippen LogP contribution in [0.1, 0.15) is 84.1 Å². The molecule has 2 heterocycles. The number of hydrogen-bond acceptors (Lipinski definition) is 3. The first-order chi connectivity index (χ1) is 14.8. The number of nitrogens with zero attached hydrogens (tertiary/aromatic N) is 1. The Kier molecular flexibility index (Phi) is 5.87. The first-order valence-corrected chi connectivity index (χ1v) is 11.2. The summed E-state index contributed by atoms with van der Waals surface area (Å²) in [6.07, 6.45) is 11.9. The number of aromatic amines is 1. The van der Waals surface area contributed by atoms with Crippen LogP contribution in [-0.4, -0.2) is 21.6 Å². The Morgan fingerprint density at radius 1 is 1.29 bits per heavy atom. The van der Waals surface area contributed by atoms with Crippen LogP contribution in [0.4, 0.5) is 4.39 Å². The van der Waals surface area contributed by atoms with Gasteiger partial charge in [0.2, 0.25) is 0 Å². The molecule has 2 aromatic rings. The molecule has 1 saturated carbocycles. The topological polar surface area (TPSA) is 58.9 Å². The molecule has 0 unspecified atom stereocenters. The van der Waals surface area contributed by atoms with E-state index in [1.165, 1.54) is 5.57 Å². The summed E-state index contributed by atoms with van der Waals surface area (Å²) in [5.41, 5.74) is 5.64. The predicted molar refractivity (Wildman–Crippen MR) is 122 cm³/mol. The van der Waals surface area contributed by atoms with E-state index >= 15 is 0 Å². The van der Waals surface area contributed by atoms with Crippen LogP contribution in [0.15, 0.2) is 35.0 Å². The number of allylic oxidation sites excluding steroid dienone is 4. The second-order valence-electron chi connectivity index (χ2n) is 9.17. The average molecular weight is 423 g/mol. The molecule has 0 aromatic carbocycles. The molecule has 0 atom stereocenters. The zero-order valence-corrected chi connectivity index (χ0v) is 18.7. The van der Waals surface area contributed by atoms with E-state index in [1.54, 1.807) is 6.08 Å². The van der Waals surface area contributed by atoms with Crippen molar-refractivity contribution in [3.63, 3.8) is 0 Å². The van der Waals surface area contributed by atoms with Crippen LogP contribution >= 0.6 is 0 Å². The highest BCUT2D eigenvalue weighted by atomic mass is 19.1. The SMILES string of the molecule is C=CCC1(F)CCC(C(=O)c2c[nH]c3c2C=C(c2c(C)noc2C)C=C(C)CC3)CC1. The van der Waals surface area contributed by atoms with E-state index < -0.39 is 5.67 Å². The number of aromatic nitrogens is 2. The lowest BCUT2D eigenvalue weighted by atomic mass is 9.75. The molecule has 2 aliphatic rings. The van der Waals surface area contributed by atoms with Gasteiger partial charge in [0.05, 0.1) is 5.69 Å². The lowest BCUT2D eigenvalue weighted by Crippen LogP contribution is -2.32. The average Bonchev–Trinajstić information content (AvgIpc) is 3.27. The molecule has 0 spiro atoms. The fourth-order valence-electron chi connectivity index (χ4n) is 5.03. The summed E-state index contributed by atoms with van der Waals surface area (Å²) >= 11 is 0. The third-order valence-electron chi connectivity index (χ3n) is 6.83. The highest BCUT2D eigenvalue weighted by molar-refractivity contribution is 6.04. The lowest BCUT2D eigenvalue weighted by Gasteiger charge is -2.32. The second-order valence-corrected chi connectivity index (χ2v) is 9.17. The van der Waals surface area contributed by atoms with E-state index in [0.29, 0.717) is 37.7 Å². The van der Waals surface area contributed by atoms with Crippen LogP contribution in [0.3, 0.4) is 0 Å². The molecule has 0 amide bonds. The van der Waals surface area contributed by atoms with Crippen LogP contribution < -0.4 is 0 Å². The van der Waals surface area contributed by atoms with Gasteiger partial charge >= 0.3 is 0 Å². The first-order valence-electron chi connectivity index (χ1n) is 11.2. The smallest absolute Gasteiger partial charge is 0.168 e. The van der Waals surface area contributed by atoms with Crippen molar-refractivity contribution < 1.29 is 13.7 Å². The van der Waals surface area contributed by atoms with Gasteiger partial charge in [-0.25, -0.2) is 4.39 Å². The fourth-order valence-corrected chi connectivity index (χ4v) is 5.03. The number of halogens is 1. The summed E-state index contributed by atoms with van der Waals surface area (Å²) in [5, 5.41) is 4.11. The zero-order chi connectivity index (χ0) is 22.2. The number of ketones is 1. The number of alkyl halides is 1. The number of carbonyl (C=O) groups excluding carboxylic acids is 1. The number of fused-ring (bicyclic) bond motifs is 1. The summed E-state index contributed by atoms with van der Waals surface area (Å²) in [6, 6.07) is 0. The third-order valence-corrected chi connectivity index (χ3v) is 6.83. The molecule has 0 saturated heterocycles. The number of aryl methyl sites for hydroxylation is 3. The van der Waals surface area contributed by atoms with E-state index in [-0.39, 0.29) is 11.7 Å². The Morgan fingerprint density at radius 3 is 2.68 bits per heavy atom. The molecule has 1 fully saturated rings. The molecule has 2 aromatic heterocycles. The molecule has 0 bridgehead atoms. The Hall–Kier alpha value is -2.69. The number of nitrogens with one attached hydrogen (secondary N) is 1. The van der Waals surface area contributed by atoms with Gasteiger partial charge in [-0.05, 0) is 77.4 Å². The molecule has 4 nitrogen and oxygen atoms in total. The minimum atomic E-state index is -1.20. The van der Waals surface area contributed by atoms with Crippen LogP contribution in [0, 0.1) is 19.8 Å². The van der Waals surface area contributed by atoms with Crippen molar-refractivity contribution in [1.29, 1.82) is 0 Å².